The van der Waals surface area contributed by atoms with E-state index in [0.29, 0.717) is 5.75 Å². The van der Waals surface area contributed by atoms with Crippen molar-refractivity contribution in [2.75, 3.05) is 18.8 Å². The number of carbonyl (C=O) groups excluding carboxylic acids is 1. The summed E-state index contributed by atoms with van der Waals surface area (Å²) in [4.78, 5) is 23.7. The van der Waals surface area contributed by atoms with E-state index < -0.39 is 0 Å². The molecule has 0 aliphatic carbocycles. The van der Waals surface area contributed by atoms with Crippen LogP contribution in [0.1, 0.15) is 38.4 Å². The number of thioether (sulfide) groups is 1. The maximum Gasteiger partial charge on any atom is 0.232 e. The van der Waals surface area contributed by atoms with Gasteiger partial charge in [0.25, 0.3) is 0 Å². The monoisotopic (exact) mass is 329 g/mol. The van der Waals surface area contributed by atoms with Gasteiger partial charge < -0.3 is 4.90 Å². The highest BCUT2D eigenvalue weighted by atomic mass is 32.2. The highest BCUT2D eigenvalue weighted by Gasteiger charge is 2.17. The Balaban J connectivity index is 1.74. The van der Waals surface area contributed by atoms with Gasteiger partial charge >= 0.3 is 0 Å². The van der Waals surface area contributed by atoms with Crippen molar-refractivity contribution >= 4 is 28.6 Å². The Morgan fingerprint density at radius 1 is 1.13 bits per heavy atom. The van der Waals surface area contributed by atoms with Crippen molar-refractivity contribution in [1.29, 1.82) is 0 Å². The minimum atomic E-state index is 0.234. The summed E-state index contributed by atoms with van der Waals surface area (Å²) in [6, 6.07) is 8.04. The molecule has 1 aliphatic heterocycles. The number of hydrogen-bond donors (Lipinski definition) is 0. The van der Waals surface area contributed by atoms with E-state index in [1.807, 2.05) is 29.2 Å². The number of hydrogen-bond acceptors (Lipinski definition) is 4. The van der Waals surface area contributed by atoms with Gasteiger partial charge in [-0.2, -0.15) is 0 Å². The predicted octanol–water partition coefficient (Wildman–Crippen LogP) is 3.69. The predicted molar refractivity (Wildman–Crippen MR) is 94.7 cm³/mol. The molecule has 1 amide bonds. The Labute approximate surface area is 141 Å². The van der Waals surface area contributed by atoms with E-state index in [0.717, 1.165) is 54.1 Å². The molecule has 4 nitrogen and oxygen atoms in total. The van der Waals surface area contributed by atoms with Crippen LogP contribution < -0.4 is 0 Å². The van der Waals surface area contributed by atoms with Gasteiger partial charge in [0, 0.05) is 24.9 Å². The lowest BCUT2D eigenvalue weighted by atomic mass is 10.2. The molecule has 0 atom stereocenters. The van der Waals surface area contributed by atoms with Crippen LogP contribution in [0.2, 0.25) is 0 Å². The average molecular weight is 329 g/mol. The molecule has 3 rings (SSSR count). The number of para-hydroxylation sites is 1. The van der Waals surface area contributed by atoms with Gasteiger partial charge in [0.1, 0.15) is 10.9 Å². The fourth-order valence-corrected chi connectivity index (χ4v) is 3.84. The van der Waals surface area contributed by atoms with Crippen molar-refractivity contribution in [3.63, 3.8) is 0 Å². The Hall–Kier alpha value is -1.62. The van der Waals surface area contributed by atoms with Gasteiger partial charge in [-0.05, 0) is 18.9 Å². The number of amides is 1. The first kappa shape index (κ1) is 16.2. The van der Waals surface area contributed by atoms with E-state index in [1.165, 1.54) is 12.8 Å². The third-order valence-electron chi connectivity index (χ3n) is 4.22. The van der Waals surface area contributed by atoms with Crippen LogP contribution in [0.15, 0.2) is 29.3 Å². The quantitative estimate of drug-likeness (QED) is 0.634. The van der Waals surface area contributed by atoms with Crippen LogP contribution in [-0.2, 0) is 11.2 Å². The van der Waals surface area contributed by atoms with Gasteiger partial charge in [-0.1, -0.05) is 49.7 Å². The number of rotatable bonds is 4. The van der Waals surface area contributed by atoms with Crippen molar-refractivity contribution in [2.45, 2.75) is 44.1 Å². The van der Waals surface area contributed by atoms with Gasteiger partial charge in [-0.25, -0.2) is 9.97 Å². The maximum absolute atomic E-state index is 12.5. The molecule has 1 aromatic carbocycles. The first-order valence-corrected chi connectivity index (χ1v) is 9.42. The number of carbonyl (C=O) groups is 1. The molecule has 0 radical (unpaired) electrons. The molecule has 0 bridgehead atoms. The fourth-order valence-electron chi connectivity index (χ4n) is 2.90. The van der Waals surface area contributed by atoms with Crippen molar-refractivity contribution in [3.8, 4) is 0 Å². The number of fused-ring (bicyclic) bond motifs is 1. The molecule has 1 fully saturated rings. The minimum absolute atomic E-state index is 0.234. The molecule has 2 aromatic rings. The first-order valence-electron chi connectivity index (χ1n) is 8.44. The summed E-state index contributed by atoms with van der Waals surface area (Å²) in [6.07, 6.45) is 5.55. The van der Waals surface area contributed by atoms with Crippen LogP contribution in [0.4, 0.5) is 0 Å². The molecule has 0 spiro atoms. The Kier molecular flexibility index (Phi) is 5.49. The second-order valence-corrected chi connectivity index (χ2v) is 6.86. The van der Waals surface area contributed by atoms with Crippen molar-refractivity contribution in [1.82, 2.24) is 14.9 Å². The molecule has 122 valence electrons. The average Bonchev–Trinajstić information content (AvgIpc) is 2.88. The molecule has 1 aliphatic rings. The third-order valence-corrected chi connectivity index (χ3v) is 5.20. The van der Waals surface area contributed by atoms with Crippen LogP contribution >= 0.6 is 11.8 Å². The Bertz CT molecular complexity index is 681. The molecule has 0 saturated carbocycles. The summed E-state index contributed by atoms with van der Waals surface area (Å²) in [5, 5.41) is 1.97. The summed E-state index contributed by atoms with van der Waals surface area (Å²) in [5.74, 6) is 1.54. The molecule has 1 saturated heterocycles. The van der Waals surface area contributed by atoms with Gasteiger partial charge in [-0.3, -0.25) is 4.79 Å². The van der Waals surface area contributed by atoms with E-state index in [1.54, 1.807) is 11.8 Å². The number of likely N-dealkylation sites (tertiary alicyclic amines) is 1. The highest BCUT2D eigenvalue weighted by molar-refractivity contribution is 8.00. The summed E-state index contributed by atoms with van der Waals surface area (Å²) >= 11 is 1.55. The first-order chi connectivity index (χ1) is 11.3. The van der Waals surface area contributed by atoms with Crippen LogP contribution in [0, 0.1) is 0 Å². The van der Waals surface area contributed by atoms with Gasteiger partial charge in [0.15, 0.2) is 0 Å². The van der Waals surface area contributed by atoms with Crippen LogP contribution in [-0.4, -0.2) is 39.6 Å². The lowest BCUT2D eigenvalue weighted by molar-refractivity contribution is -0.128. The van der Waals surface area contributed by atoms with E-state index in [2.05, 4.69) is 16.9 Å². The smallest absolute Gasteiger partial charge is 0.232 e. The zero-order valence-corrected chi connectivity index (χ0v) is 14.4. The largest absolute Gasteiger partial charge is 0.342 e. The van der Waals surface area contributed by atoms with Gasteiger partial charge in [0.2, 0.25) is 5.91 Å². The van der Waals surface area contributed by atoms with Crippen LogP contribution in [0.25, 0.3) is 10.9 Å². The van der Waals surface area contributed by atoms with Crippen LogP contribution in [0.3, 0.4) is 0 Å². The SMILES string of the molecule is CCc1nc(SCC(=O)N2CCCCCC2)c2ccccc2n1. The van der Waals surface area contributed by atoms with Crippen molar-refractivity contribution in [2.24, 2.45) is 0 Å². The normalized spacial score (nSPS) is 15.6. The third kappa shape index (κ3) is 4.02. The minimum Gasteiger partial charge on any atom is -0.342 e. The standard InChI is InChI=1S/C18H23N3OS/c1-2-16-19-15-10-6-5-9-14(15)18(20-16)23-13-17(22)21-11-7-3-4-8-12-21/h5-6,9-10H,2-4,7-8,11-13H2,1H3. The summed E-state index contributed by atoms with van der Waals surface area (Å²) in [5.41, 5.74) is 0.962. The highest BCUT2D eigenvalue weighted by Crippen LogP contribution is 2.26. The molecular weight excluding hydrogens is 306 g/mol. The summed E-state index contributed by atoms with van der Waals surface area (Å²) in [7, 11) is 0. The lowest BCUT2D eigenvalue weighted by Gasteiger charge is -2.20. The molecular formula is C18H23N3OS. The summed E-state index contributed by atoms with van der Waals surface area (Å²) in [6.45, 7) is 3.87. The zero-order valence-electron chi connectivity index (χ0n) is 13.6. The second-order valence-electron chi connectivity index (χ2n) is 5.90. The van der Waals surface area contributed by atoms with E-state index in [-0.39, 0.29) is 5.91 Å². The maximum atomic E-state index is 12.5. The molecule has 1 aromatic heterocycles. The number of aromatic nitrogens is 2. The number of nitrogens with zero attached hydrogens (tertiary/aromatic N) is 3. The topological polar surface area (TPSA) is 46.1 Å². The van der Waals surface area contributed by atoms with Gasteiger partial charge in [-0.15, -0.1) is 0 Å². The van der Waals surface area contributed by atoms with Crippen molar-refractivity contribution < 1.29 is 4.79 Å². The second kappa shape index (κ2) is 7.77. The molecule has 0 N–H and O–H groups in total. The summed E-state index contributed by atoms with van der Waals surface area (Å²) < 4.78 is 0. The molecule has 0 unspecified atom stereocenters. The molecule has 5 heteroatoms. The number of aryl methyl sites for hydroxylation is 1. The fraction of sp³-hybridized carbons (Fsp3) is 0.500. The van der Waals surface area contributed by atoms with E-state index >= 15 is 0 Å². The number of benzene rings is 1. The lowest BCUT2D eigenvalue weighted by Crippen LogP contribution is -2.33. The van der Waals surface area contributed by atoms with Crippen molar-refractivity contribution in [3.05, 3.63) is 30.1 Å². The van der Waals surface area contributed by atoms with E-state index in [9.17, 15) is 4.79 Å². The molecule has 2 heterocycles. The van der Waals surface area contributed by atoms with Crippen LogP contribution in [0.5, 0.6) is 0 Å². The van der Waals surface area contributed by atoms with E-state index in [4.69, 9.17) is 0 Å². The Morgan fingerprint density at radius 2 is 1.87 bits per heavy atom. The molecule has 23 heavy (non-hydrogen) atoms. The zero-order chi connectivity index (χ0) is 16.1. The van der Waals surface area contributed by atoms with Gasteiger partial charge in [0.05, 0.1) is 11.3 Å². The Morgan fingerprint density at radius 3 is 2.61 bits per heavy atom.